The van der Waals surface area contributed by atoms with Gasteiger partial charge >= 0.3 is 6.03 Å². The lowest BCUT2D eigenvalue weighted by Crippen LogP contribution is -2.38. The number of hydrogen-bond donors (Lipinski definition) is 2. The molecule has 0 bridgehead atoms. The number of nitrogens with zero attached hydrogens (tertiary/aromatic N) is 5. The van der Waals surface area contributed by atoms with Crippen LogP contribution in [0.25, 0.3) is 11.4 Å². The standard InChI is InChI=1S/C24H30FN7O/c1-31-23(28-29-30-31)20-6-2-7-22(16-20)27-24(33)26-12-4-14-32-13-3-5-19(17-32)15-18-8-10-21(25)11-9-18/h2,6-11,16,19H,3-5,12-15,17H2,1H3,(H2,26,27,33)/t19-/m0/s1. The zero-order valence-corrected chi connectivity index (χ0v) is 18.9. The lowest BCUT2D eigenvalue weighted by Gasteiger charge is -2.32. The number of benzene rings is 2. The molecule has 1 aromatic heterocycles. The summed E-state index contributed by atoms with van der Waals surface area (Å²) in [4.78, 5) is 14.8. The van der Waals surface area contributed by atoms with E-state index in [1.165, 1.54) is 30.5 Å². The molecule has 0 spiro atoms. The van der Waals surface area contributed by atoms with Crippen molar-refractivity contribution >= 4 is 11.7 Å². The van der Waals surface area contributed by atoms with E-state index in [2.05, 4.69) is 31.1 Å². The molecule has 0 aliphatic carbocycles. The van der Waals surface area contributed by atoms with Gasteiger partial charge in [0, 0.05) is 31.4 Å². The number of aromatic nitrogens is 4. The minimum absolute atomic E-state index is 0.184. The third-order valence-corrected chi connectivity index (χ3v) is 5.98. The Morgan fingerprint density at radius 2 is 2.06 bits per heavy atom. The van der Waals surface area contributed by atoms with Gasteiger partial charge in [0.2, 0.25) is 0 Å². The predicted molar refractivity (Wildman–Crippen MR) is 125 cm³/mol. The highest BCUT2D eigenvalue weighted by atomic mass is 19.1. The normalized spacial score (nSPS) is 16.5. The minimum atomic E-state index is -0.226. The summed E-state index contributed by atoms with van der Waals surface area (Å²) in [5, 5.41) is 17.3. The Bertz CT molecular complexity index is 1050. The summed E-state index contributed by atoms with van der Waals surface area (Å²) in [5.41, 5.74) is 2.72. The number of hydrogen-bond acceptors (Lipinski definition) is 5. The van der Waals surface area contributed by atoms with E-state index in [9.17, 15) is 9.18 Å². The Morgan fingerprint density at radius 1 is 1.21 bits per heavy atom. The maximum atomic E-state index is 13.1. The van der Waals surface area contributed by atoms with Crippen molar-refractivity contribution in [3.05, 3.63) is 59.9 Å². The number of tetrazole rings is 1. The van der Waals surface area contributed by atoms with Gasteiger partial charge in [-0.3, -0.25) is 0 Å². The zero-order chi connectivity index (χ0) is 23.0. The van der Waals surface area contributed by atoms with Crippen molar-refractivity contribution in [3.63, 3.8) is 0 Å². The third-order valence-electron chi connectivity index (χ3n) is 5.98. The molecule has 1 aliphatic rings. The maximum absolute atomic E-state index is 13.1. The van der Waals surface area contributed by atoms with Gasteiger partial charge in [0.1, 0.15) is 5.82 Å². The van der Waals surface area contributed by atoms with Crippen LogP contribution in [0.3, 0.4) is 0 Å². The van der Waals surface area contributed by atoms with Crippen LogP contribution in [0, 0.1) is 11.7 Å². The van der Waals surface area contributed by atoms with Gasteiger partial charge in [-0.1, -0.05) is 24.3 Å². The molecule has 0 unspecified atom stereocenters. The van der Waals surface area contributed by atoms with Crippen molar-refractivity contribution in [1.29, 1.82) is 0 Å². The van der Waals surface area contributed by atoms with Crippen LogP contribution in [0.4, 0.5) is 14.9 Å². The Morgan fingerprint density at radius 3 is 2.85 bits per heavy atom. The van der Waals surface area contributed by atoms with Crippen molar-refractivity contribution in [2.75, 3.05) is 31.5 Å². The number of carbonyl (C=O) groups is 1. The van der Waals surface area contributed by atoms with Crippen LogP contribution in [0.1, 0.15) is 24.8 Å². The second kappa shape index (κ2) is 11.0. The molecule has 1 fully saturated rings. The van der Waals surface area contributed by atoms with E-state index in [1.54, 1.807) is 11.7 Å². The highest BCUT2D eigenvalue weighted by Crippen LogP contribution is 2.21. The summed E-state index contributed by atoms with van der Waals surface area (Å²) in [6, 6.07) is 14.1. The topological polar surface area (TPSA) is 88.0 Å². The van der Waals surface area contributed by atoms with Crippen LogP contribution in [0.2, 0.25) is 0 Å². The monoisotopic (exact) mass is 451 g/mol. The van der Waals surface area contributed by atoms with Crippen LogP contribution in [-0.4, -0.2) is 57.3 Å². The Kier molecular flexibility index (Phi) is 7.62. The molecule has 9 heteroatoms. The van der Waals surface area contributed by atoms with Crippen LogP contribution < -0.4 is 10.6 Å². The fourth-order valence-electron chi connectivity index (χ4n) is 4.36. The molecular weight excluding hydrogens is 421 g/mol. The fourth-order valence-corrected chi connectivity index (χ4v) is 4.36. The van der Waals surface area contributed by atoms with Gasteiger partial charge in [-0.05, 0) is 84.9 Å². The van der Waals surface area contributed by atoms with Crippen molar-refractivity contribution in [3.8, 4) is 11.4 Å². The summed E-state index contributed by atoms with van der Waals surface area (Å²) in [7, 11) is 1.77. The first-order valence-electron chi connectivity index (χ1n) is 11.4. The van der Waals surface area contributed by atoms with E-state index in [0.717, 1.165) is 38.0 Å². The molecule has 2 heterocycles. The van der Waals surface area contributed by atoms with E-state index in [1.807, 2.05) is 36.4 Å². The second-order valence-electron chi connectivity index (χ2n) is 8.58. The Balaban J connectivity index is 1.17. The molecule has 0 saturated carbocycles. The number of nitrogens with one attached hydrogen (secondary N) is 2. The highest BCUT2D eigenvalue weighted by molar-refractivity contribution is 5.89. The lowest BCUT2D eigenvalue weighted by atomic mass is 9.91. The smallest absolute Gasteiger partial charge is 0.319 e. The van der Waals surface area contributed by atoms with E-state index >= 15 is 0 Å². The van der Waals surface area contributed by atoms with Gasteiger partial charge in [0.05, 0.1) is 0 Å². The number of likely N-dealkylation sites (tertiary alicyclic amines) is 1. The van der Waals surface area contributed by atoms with E-state index < -0.39 is 0 Å². The molecule has 3 aromatic rings. The summed E-state index contributed by atoms with van der Waals surface area (Å²) in [6.45, 7) is 3.70. The molecule has 1 saturated heterocycles. The number of aryl methyl sites for hydroxylation is 1. The molecule has 0 radical (unpaired) electrons. The lowest BCUT2D eigenvalue weighted by molar-refractivity contribution is 0.172. The van der Waals surface area contributed by atoms with Crippen LogP contribution in [0.15, 0.2) is 48.5 Å². The molecule has 33 heavy (non-hydrogen) atoms. The van der Waals surface area contributed by atoms with Crippen molar-refractivity contribution < 1.29 is 9.18 Å². The Labute approximate surface area is 193 Å². The molecule has 4 rings (SSSR count). The third kappa shape index (κ3) is 6.58. The van der Waals surface area contributed by atoms with Crippen LogP contribution >= 0.6 is 0 Å². The quantitative estimate of drug-likeness (QED) is 0.512. The number of carbonyl (C=O) groups excluding carboxylic acids is 1. The number of piperidine rings is 1. The highest BCUT2D eigenvalue weighted by Gasteiger charge is 2.20. The van der Waals surface area contributed by atoms with Gasteiger partial charge in [-0.2, -0.15) is 0 Å². The molecule has 2 amide bonds. The summed E-state index contributed by atoms with van der Waals surface area (Å²) in [6.07, 6.45) is 4.26. The molecule has 1 aliphatic heterocycles. The number of amides is 2. The van der Waals surface area contributed by atoms with Gasteiger partial charge < -0.3 is 15.5 Å². The van der Waals surface area contributed by atoms with Crippen molar-refractivity contribution in [2.45, 2.75) is 25.7 Å². The van der Waals surface area contributed by atoms with Gasteiger partial charge in [-0.25, -0.2) is 13.9 Å². The van der Waals surface area contributed by atoms with Crippen molar-refractivity contribution in [1.82, 2.24) is 30.4 Å². The number of anilines is 1. The molecule has 2 N–H and O–H groups in total. The average molecular weight is 452 g/mol. The minimum Gasteiger partial charge on any atom is -0.338 e. The van der Waals surface area contributed by atoms with E-state index in [-0.39, 0.29) is 11.8 Å². The second-order valence-corrected chi connectivity index (χ2v) is 8.58. The number of rotatable bonds is 8. The van der Waals surface area contributed by atoms with Gasteiger partial charge in [0.15, 0.2) is 5.82 Å². The van der Waals surface area contributed by atoms with Gasteiger partial charge in [-0.15, -0.1) is 5.10 Å². The summed E-state index contributed by atoms with van der Waals surface area (Å²) >= 11 is 0. The van der Waals surface area contributed by atoms with Crippen LogP contribution in [0.5, 0.6) is 0 Å². The number of urea groups is 1. The summed E-state index contributed by atoms with van der Waals surface area (Å²) < 4.78 is 14.7. The average Bonchev–Trinajstić information content (AvgIpc) is 3.25. The molecule has 1 atom stereocenters. The largest absolute Gasteiger partial charge is 0.338 e. The molecular formula is C24H30FN7O. The summed E-state index contributed by atoms with van der Waals surface area (Å²) in [5.74, 6) is 1.05. The molecule has 2 aromatic carbocycles. The van der Waals surface area contributed by atoms with E-state index in [0.29, 0.717) is 24.0 Å². The molecule has 174 valence electrons. The van der Waals surface area contributed by atoms with E-state index in [4.69, 9.17) is 0 Å². The van der Waals surface area contributed by atoms with Crippen LogP contribution in [-0.2, 0) is 13.5 Å². The first kappa shape index (κ1) is 22.8. The first-order valence-corrected chi connectivity index (χ1v) is 11.4. The first-order chi connectivity index (χ1) is 16.1. The molecule has 8 nitrogen and oxygen atoms in total. The van der Waals surface area contributed by atoms with Crippen molar-refractivity contribution in [2.24, 2.45) is 13.0 Å². The van der Waals surface area contributed by atoms with Gasteiger partial charge in [0.25, 0.3) is 0 Å². The maximum Gasteiger partial charge on any atom is 0.319 e. The number of halogens is 1. The predicted octanol–water partition coefficient (Wildman–Crippen LogP) is 3.48. The fraction of sp³-hybridized carbons (Fsp3) is 0.417. The Hall–Kier alpha value is -3.33. The SMILES string of the molecule is Cn1nnnc1-c1cccc(NC(=O)NCCCN2CCC[C@@H](Cc3ccc(F)cc3)C2)c1. The zero-order valence-electron chi connectivity index (χ0n) is 18.9.